The molecule has 0 aliphatic carbocycles. The van der Waals surface area contributed by atoms with Crippen molar-refractivity contribution in [1.29, 1.82) is 0 Å². The van der Waals surface area contributed by atoms with Crippen molar-refractivity contribution in [3.63, 3.8) is 0 Å². The number of cyclic esters (lactones) is 1. The zero-order valence-corrected chi connectivity index (χ0v) is 18.3. The fourth-order valence-corrected chi connectivity index (χ4v) is 4.22. The van der Waals surface area contributed by atoms with E-state index in [0.717, 1.165) is 6.54 Å². The standard InChI is InChI=1S/C25H23F2N3O4/c26-21-12-19(30-15-20(34-25(30)31)16-32-23-8-11-33-28-23)13-22(27)24(21)18-6-9-29(10-7-18)14-17-4-2-1-3-5-17/h1-6,8,11-13,20H,7,9-10,14-16H2/t20-/m0/s1. The summed E-state index contributed by atoms with van der Waals surface area (Å²) >= 11 is 0. The highest BCUT2D eigenvalue weighted by Gasteiger charge is 2.34. The largest absolute Gasteiger partial charge is 0.471 e. The van der Waals surface area contributed by atoms with Gasteiger partial charge in [-0.05, 0) is 34.8 Å². The lowest BCUT2D eigenvalue weighted by Crippen LogP contribution is -2.28. The molecular weight excluding hydrogens is 444 g/mol. The normalized spacial score (nSPS) is 18.6. The number of ether oxygens (including phenoxy) is 2. The van der Waals surface area contributed by atoms with Gasteiger partial charge in [-0.25, -0.2) is 13.6 Å². The van der Waals surface area contributed by atoms with Crippen LogP contribution < -0.4 is 9.64 Å². The Kier molecular flexibility index (Phi) is 6.27. The van der Waals surface area contributed by atoms with Crippen LogP contribution in [0.25, 0.3) is 5.57 Å². The number of carbonyl (C=O) groups excluding carboxylic acids is 1. The molecule has 9 heteroatoms. The summed E-state index contributed by atoms with van der Waals surface area (Å²) in [5, 5.41) is 3.62. The van der Waals surface area contributed by atoms with E-state index in [1.807, 2.05) is 24.3 Å². The maximum absolute atomic E-state index is 15.0. The first-order valence-electron chi connectivity index (χ1n) is 11.0. The van der Waals surface area contributed by atoms with Gasteiger partial charge in [-0.2, -0.15) is 0 Å². The van der Waals surface area contributed by atoms with E-state index in [2.05, 4.69) is 26.7 Å². The number of amides is 1. The quantitative estimate of drug-likeness (QED) is 0.504. The van der Waals surface area contributed by atoms with E-state index in [-0.39, 0.29) is 30.3 Å². The molecule has 0 unspecified atom stereocenters. The van der Waals surface area contributed by atoms with Crippen LogP contribution in [-0.4, -0.2) is 48.5 Å². The Bertz CT molecular complexity index is 1160. The fourth-order valence-electron chi connectivity index (χ4n) is 4.22. The van der Waals surface area contributed by atoms with Gasteiger partial charge in [-0.15, -0.1) is 0 Å². The minimum Gasteiger partial charge on any atom is -0.471 e. The zero-order valence-electron chi connectivity index (χ0n) is 18.3. The Balaban J connectivity index is 1.25. The summed E-state index contributed by atoms with van der Waals surface area (Å²) in [6.45, 7) is 2.24. The van der Waals surface area contributed by atoms with Crippen LogP contribution in [-0.2, 0) is 11.3 Å². The molecule has 2 aliphatic rings. The van der Waals surface area contributed by atoms with E-state index in [0.29, 0.717) is 25.1 Å². The lowest BCUT2D eigenvalue weighted by atomic mass is 9.97. The van der Waals surface area contributed by atoms with Gasteiger partial charge in [0.15, 0.2) is 6.10 Å². The number of anilines is 1. The second-order valence-corrected chi connectivity index (χ2v) is 8.25. The van der Waals surface area contributed by atoms with Crippen LogP contribution in [0.5, 0.6) is 5.88 Å². The Morgan fingerprint density at radius 2 is 1.91 bits per heavy atom. The molecule has 0 spiro atoms. The number of halogens is 2. The molecule has 0 bridgehead atoms. The van der Waals surface area contributed by atoms with Gasteiger partial charge >= 0.3 is 6.09 Å². The minimum atomic E-state index is -0.701. The van der Waals surface area contributed by atoms with Crippen molar-refractivity contribution in [2.75, 3.05) is 31.1 Å². The number of carbonyl (C=O) groups is 1. The van der Waals surface area contributed by atoms with Crippen molar-refractivity contribution in [2.24, 2.45) is 0 Å². The van der Waals surface area contributed by atoms with E-state index in [1.165, 1.54) is 34.9 Å². The highest BCUT2D eigenvalue weighted by atomic mass is 19.1. The molecule has 1 saturated heterocycles. The molecule has 34 heavy (non-hydrogen) atoms. The van der Waals surface area contributed by atoms with Gasteiger partial charge in [0.05, 0.1) is 12.2 Å². The molecule has 1 aromatic heterocycles. The van der Waals surface area contributed by atoms with Crippen molar-refractivity contribution >= 4 is 17.4 Å². The predicted molar refractivity (Wildman–Crippen MR) is 120 cm³/mol. The van der Waals surface area contributed by atoms with Crippen LogP contribution in [0.4, 0.5) is 19.3 Å². The van der Waals surface area contributed by atoms with Gasteiger partial charge in [0, 0.05) is 31.3 Å². The average molecular weight is 467 g/mol. The molecule has 1 fully saturated rings. The predicted octanol–water partition coefficient (Wildman–Crippen LogP) is 4.65. The fraction of sp³-hybridized carbons (Fsp3) is 0.280. The molecule has 176 valence electrons. The van der Waals surface area contributed by atoms with Crippen molar-refractivity contribution in [3.05, 3.63) is 83.6 Å². The monoisotopic (exact) mass is 467 g/mol. The maximum atomic E-state index is 15.0. The average Bonchev–Trinajstić information content (AvgIpc) is 3.48. The summed E-state index contributed by atoms with van der Waals surface area (Å²) in [6, 6.07) is 14.0. The van der Waals surface area contributed by atoms with E-state index in [1.54, 1.807) is 0 Å². The number of rotatable bonds is 7. The highest BCUT2D eigenvalue weighted by molar-refractivity contribution is 5.90. The van der Waals surface area contributed by atoms with Crippen molar-refractivity contribution in [2.45, 2.75) is 19.1 Å². The minimum absolute atomic E-state index is 0.0402. The number of hydrogen-bond donors (Lipinski definition) is 0. The lowest BCUT2D eigenvalue weighted by molar-refractivity contribution is 0.102. The highest BCUT2D eigenvalue weighted by Crippen LogP contribution is 2.32. The molecule has 0 N–H and O–H groups in total. The number of aromatic nitrogens is 1. The third-order valence-electron chi connectivity index (χ3n) is 5.91. The Hall–Kier alpha value is -3.72. The van der Waals surface area contributed by atoms with Crippen molar-refractivity contribution in [1.82, 2.24) is 10.1 Å². The zero-order chi connectivity index (χ0) is 23.5. The molecule has 0 radical (unpaired) electrons. The van der Waals surface area contributed by atoms with E-state index >= 15 is 8.78 Å². The second-order valence-electron chi connectivity index (χ2n) is 8.25. The van der Waals surface area contributed by atoms with Crippen LogP contribution in [0, 0.1) is 11.6 Å². The van der Waals surface area contributed by atoms with Crippen molar-refractivity contribution in [3.8, 4) is 5.88 Å². The van der Waals surface area contributed by atoms with Crippen LogP contribution in [0.3, 0.4) is 0 Å². The SMILES string of the molecule is O=C1O[C@H](COc2ccon2)CN1c1cc(F)c(C2=CCN(Cc3ccccc3)CC2)c(F)c1. The van der Waals surface area contributed by atoms with Crippen LogP contribution in [0.2, 0.25) is 0 Å². The molecule has 3 heterocycles. The Labute approximate surface area is 195 Å². The van der Waals surface area contributed by atoms with Gasteiger partial charge in [0.25, 0.3) is 5.88 Å². The smallest absolute Gasteiger partial charge is 0.414 e. The number of nitrogens with zero attached hydrogens (tertiary/aromatic N) is 3. The van der Waals surface area contributed by atoms with E-state index in [9.17, 15) is 4.79 Å². The molecule has 7 nitrogen and oxygen atoms in total. The summed E-state index contributed by atoms with van der Waals surface area (Å²) in [6.07, 6.45) is 2.47. The molecule has 3 aromatic rings. The van der Waals surface area contributed by atoms with Gasteiger partial charge in [0.1, 0.15) is 24.5 Å². The first-order valence-corrected chi connectivity index (χ1v) is 11.0. The topological polar surface area (TPSA) is 68.0 Å². The van der Waals surface area contributed by atoms with Crippen LogP contribution >= 0.6 is 0 Å². The molecule has 1 amide bonds. The molecule has 0 saturated carbocycles. The van der Waals surface area contributed by atoms with Gasteiger partial charge in [0.2, 0.25) is 0 Å². The Morgan fingerprint density at radius 3 is 2.59 bits per heavy atom. The summed E-state index contributed by atoms with van der Waals surface area (Å²) in [4.78, 5) is 15.7. The maximum Gasteiger partial charge on any atom is 0.414 e. The number of benzene rings is 2. The van der Waals surface area contributed by atoms with Gasteiger partial charge in [-0.3, -0.25) is 9.80 Å². The summed E-state index contributed by atoms with van der Waals surface area (Å²) in [5.41, 5.74) is 1.90. The molecule has 5 rings (SSSR count). The second kappa shape index (κ2) is 9.64. The summed E-state index contributed by atoms with van der Waals surface area (Å²) in [7, 11) is 0. The molecule has 1 atom stereocenters. The van der Waals surface area contributed by atoms with Gasteiger partial charge in [-0.1, -0.05) is 36.4 Å². The van der Waals surface area contributed by atoms with Crippen LogP contribution in [0.15, 0.2) is 65.4 Å². The van der Waals surface area contributed by atoms with Crippen molar-refractivity contribution < 1.29 is 27.6 Å². The number of hydrogen-bond acceptors (Lipinski definition) is 6. The summed E-state index contributed by atoms with van der Waals surface area (Å²) < 4.78 is 45.4. The first kappa shape index (κ1) is 22.1. The van der Waals surface area contributed by atoms with E-state index in [4.69, 9.17) is 9.47 Å². The van der Waals surface area contributed by atoms with Crippen LogP contribution in [0.1, 0.15) is 17.5 Å². The molecular formula is C25H23F2N3O4. The Morgan fingerprint density at radius 1 is 1.12 bits per heavy atom. The molecule has 2 aromatic carbocycles. The summed E-state index contributed by atoms with van der Waals surface area (Å²) in [5.74, 6) is -1.14. The third-order valence-corrected chi connectivity index (χ3v) is 5.91. The van der Waals surface area contributed by atoms with E-state index < -0.39 is 23.8 Å². The van der Waals surface area contributed by atoms with Gasteiger partial charge < -0.3 is 14.0 Å². The molecule has 2 aliphatic heterocycles. The lowest BCUT2D eigenvalue weighted by Gasteiger charge is -2.27. The third kappa shape index (κ3) is 4.79. The first-order chi connectivity index (χ1) is 16.6.